The summed E-state index contributed by atoms with van der Waals surface area (Å²) in [5.74, 6) is 0. The van der Waals surface area contributed by atoms with Crippen molar-refractivity contribution in [1.82, 2.24) is 0 Å². The molecular weight excluding hydrogens is 209 g/mol. The van der Waals surface area contributed by atoms with Crippen molar-refractivity contribution in [3.8, 4) is 0 Å². The van der Waals surface area contributed by atoms with E-state index in [0.29, 0.717) is 13.2 Å². The second kappa shape index (κ2) is 22.4. The Morgan fingerprint density at radius 2 is 1.18 bits per heavy atom. The van der Waals surface area contributed by atoms with Crippen LogP contribution in [0.2, 0.25) is 0 Å². The van der Waals surface area contributed by atoms with E-state index < -0.39 is 0 Å². The summed E-state index contributed by atoms with van der Waals surface area (Å²) in [4.78, 5) is 0. The Hall–Kier alpha value is 0.383. The summed E-state index contributed by atoms with van der Waals surface area (Å²) in [5, 5.41) is 18.8. The predicted octanol–water partition coefficient (Wildman–Crippen LogP) is -2.93. The Morgan fingerprint density at radius 1 is 0.909 bits per heavy atom. The van der Waals surface area contributed by atoms with Crippen molar-refractivity contribution >= 4 is 17.6 Å². The van der Waals surface area contributed by atoms with Gasteiger partial charge in [-0.1, -0.05) is 0 Å². The van der Waals surface area contributed by atoms with Gasteiger partial charge in [-0.15, -0.1) is 13.2 Å². The van der Waals surface area contributed by atoms with Crippen LogP contribution in [0.1, 0.15) is 0 Å². The van der Waals surface area contributed by atoms with Gasteiger partial charge in [0.25, 0.3) is 0 Å². The summed E-state index contributed by atoms with van der Waals surface area (Å²) in [6.45, 7) is 0.410. The Labute approximate surface area is 78.5 Å². The van der Waals surface area contributed by atoms with E-state index >= 15 is 0 Å². The zero-order chi connectivity index (χ0) is 8.24. The van der Waals surface area contributed by atoms with E-state index in [1.54, 1.807) is 0 Å². The first-order chi connectivity index (χ1) is 4.83. The second-order valence-electron chi connectivity index (χ2n) is 1.39. The Morgan fingerprint density at radius 3 is 1.18 bits per heavy atom. The van der Waals surface area contributed by atoms with E-state index in [1.807, 2.05) is 0 Å². The van der Waals surface area contributed by atoms with E-state index in [2.05, 4.69) is 9.47 Å². The molecule has 5 heteroatoms. The van der Waals surface area contributed by atoms with E-state index in [0.717, 1.165) is 0 Å². The average molecular weight is 225 g/mol. The van der Waals surface area contributed by atoms with Gasteiger partial charge in [-0.2, -0.15) is 0 Å². The van der Waals surface area contributed by atoms with Gasteiger partial charge in [0.2, 0.25) is 0 Å². The van der Waals surface area contributed by atoms with Gasteiger partial charge in [-0.3, -0.25) is 0 Å². The van der Waals surface area contributed by atoms with Crippen LogP contribution in [0.15, 0.2) is 0 Å². The van der Waals surface area contributed by atoms with Gasteiger partial charge in [0.15, 0.2) is 0 Å². The number of hydrogen-bond donors (Lipinski definition) is 0. The molecule has 0 atom stereocenters. The van der Waals surface area contributed by atoms with Gasteiger partial charge < -0.3 is 19.7 Å². The molecule has 0 radical (unpaired) electrons. The van der Waals surface area contributed by atoms with Crippen LogP contribution in [0.25, 0.3) is 0 Å². The van der Waals surface area contributed by atoms with Gasteiger partial charge in [-0.25, -0.2) is 0 Å². The third-order valence-electron chi connectivity index (χ3n) is 0.575. The Bertz CT molecular complexity index is 35.6. The van der Waals surface area contributed by atoms with Crippen LogP contribution in [0.5, 0.6) is 0 Å². The van der Waals surface area contributed by atoms with Crippen LogP contribution in [0, 0.1) is 0 Å². The van der Waals surface area contributed by atoms with Crippen LogP contribution in [-0.4, -0.2) is 58.2 Å². The monoisotopic (exact) mass is 226 g/mol. The molecule has 0 unspecified atom stereocenters. The molecule has 0 aromatic heterocycles. The standard InChI is InChI=1S/2C3H7O2.GeH2/c2*1-5-3-2-4;/h2*2-3H2,1H3;1H2/q2*-1;+2. The maximum absolute atomic E-state index is 9.40. The minimum atomic E-state index is -0.128. The van der Waals surface area contributed by atoms with E-state index in [9.17, 15) is 10.2 Å². The molecule has 11 heavy (non-hydrogen) atoms. The molecule has 0 heterocycles. The average Bonchev–Trinajstić information content (AvgIpc) is 1.93. The molecule has 0 aliphatic heterocycles. The molecule has 68 valence electrons. The van der Waals surface area contributed by atoms with Crippen molar-refractivity contribution in [3.63, 3.8) is 0 Å². The van der Waals surface area contributed by atoms with Gasteiger partial charge in [0.05, 0.1) is 0 Å². The van der Waals surface area contributed by atoms with E-state index in [1.165, 1.54) is 14.2 Å². The molecule has 0 aromatic carbocycles. The Kier molecular flexibility index (Phi) is 35.6. The first kappa shape index (κ1) is 17.5. The quantitative estimate of drug-likeness (QED) is 0.480. The van der Waals surface area contributed by atoms with Crippen molar-refractivity contribution in [2.45, 2.75) is 0 Å². The SMILES string of the molecule is COCC[O-].COCC[O-].[GeH2+2]. The molecule has 0 aliphatic rings. The van der Waals surface area contributed by atoms with Gasteiger partial charge in [-0.05, 0) is 0 Å². The summed E-state index contributed by atoms with van der Waals surface area (Å²) in [6, 6.07) is 0. The zero-order valence-electron chi connectivity index (χ0n) is 7.17. The Balaban J connectivity index is -0.000000107. The number of methoxy groups -OCH3 is 2. The third-order valence-corrected chi connectivity index (χ3v) is 0.575. The molecule has 0 spiro atoms. The van der Waals surface area contributed by atoms with Crippen LogP contribution < -0.4 is 10.2 Å². The van der Waals surface area contributed by atoms with Gasteiger partial charge in [0, 0.05) is 27.4 Å². The summed E-state index contributed by atoms with van der Waals surface area (Å²) in [6.07, 6.45) is 0. The third kappa shape index (κ3) is 38.0. The second-order valence-corrected chi connectivity index (χ2v) is 1.39. The molecule has 4 nitrogen and oxygen atoms in total. The number of ether oxygens (including phenoxy) is 2. The molecule has 0 fully saturated rings. The molecule has 0 saturated heterocycles. The van der Waals surface area contributed by atoms with Gasteiger partial charge >= 0.3 is 17.6 Å². The maximum atomic E-state index is 9.40. The topological polar surface area (TPSA) is 64.6 Å². The molecule has 0 aromatic rings. The first-order valence-corrected chi connectivity index (χ1v) is 2.97. The molecule has 0 aliphatic carbocycles. The van der Waals surface area contributed by atoms with E-state index in [4.69, 9.17) is 0 Å². The summed E-state index contributed by atoms with van der Waals surface area (Å²) >= 11 is 0. The summed E-state index contributed by atoms with van der Waals surface area (Å²) < 4.78 is 8.76. The fourth-order valence-corrected chi connectivity index (χ4v) is 0.167. The molecular formula is C6H16GeO4. The van der Waals surface area contributed by atoms with E-state index in [-0.39, 0.29) is 30.8 Å². The summed E-state index contributed by atoms with van der Waals surface area (Å²) in [5.41, 5.74) is 0. The number of rotatable bonds is 4. The first-order valence-electron chi connectivity index (χ1n) is 2.97. The van der Waals surface area contributed by atoms with Crippen molar-refractivity contribution in [2.24, 2.45) is 0 Å². The van der Waals surface area contributed by atoms with Crippen LogP contribution in [0.3, 0.4) is 0 Å². The molecule has 0 bridgehead atoms. The molecule has 0 amide bonds. The van der Waals surface area contributed by atoms with Crippen LogP contribution in [0.4, 0.5) is 0 Å². The summed E-state index contributed by atoms with van der Waals surface area (Å²) in [7, 11) is 3.02. The molecule has 0 rings (SSSR count). The predicted molar refractivity (Wildman–Crippen MR) is 42.0 cm³/mol. The normalized spacial score (nSPS) is 7.64. The van der Waals surface area contributed by atoms with Crippen molar-refractivity contribution in [1.29, 1.82) is 0 Å². The van der Waals surface area contributed by atoms with Crippen molar-refractivity contribution in [3.05, 3.63) is 0 Å². The van der Waals surface area contributed by atoms with Crippen LogP contribution in [-0.2, 0) is 9.47 Å². The van der Waals surface area contributed by atoms with Crippen molar-refractivity contribution < 1.29 is 19.7 Å². The zero-order valence-corrected chi connectivity index (χ0v) is 10.1. The van der Waals surface area contributed by atoms with Gasteiger partial charge in [0.1, 0.15) is 0 Å². The minimum absolute atomic E-state index is 0. The number of hydrogen-bond acceptors (Lipinski definition) is 4. The fraction of sp³-hybridized carbons (Fsp3) is 1.00. The fourth-order valence-electron chi connectivity index (χ4n) is 0.167. The molecule has 0 N–H and O–H groups in total. The molecule has 0 saturated carbocycles. The van der Waals surface area contributed by atoms with Crippen molar-refractivity contribution in [2.75, 3.05) is 40.6 Å². The van der Waals surface area contributed by atoms with Crippen LogP contribution >= 0.6 is 0 Å².